The summed E-state index contributed by atoms with van der Waals surface area (Å²) in [5.74, 6) is 0.394. The molecular weight excluding hydrogens is 363 g/mol. The number of benzene rings is 2. The molecule has 0 aliphatic carbocycles. The number of quaternary nitrogens is 1. The van der Waals surface area contributed by atoms with Crippen LogP contribution in [0.4, 0.5) is 4.39 Å². The third-order valence-electron chi connectivity index (χ3n) is 4.81. The Bertz CT molecular complexity index is 1130. The third-order valence-corrected chi connectivity index (χ3v) is 6.57. The van der Waals surface area contributed by atoms with Gasteiger partial charge in [-0.3, -0.25) is 0 Å². The standard InChI is InChI=1S/C21H18FN2O2S/c1-16-5-8-19(14-20(16)22)27(25,26)18-9-6-17(7-10-18)15-24-12-3-2-4-21(24)23-11-13-24/h2-14H,15H2,1H3/q+1. The molecule has 1 atom stereocenters. The lowest BCUT2D eigenvalue weighted by Gasteiger charge is -2.28. The van der Waals surface area contributed by atoms with Crippen molar-refractivity contribution in [3.05, 3.63) is 96.2 Å². The Morgan fingerprint density at radius 1 is 1.00 bits per heavy atom. The van der Waals surface area contributed by atoms with Crippen LogP contribution >= 0.6 is 0 Å². The molecule has 0 saturated heterocycles. The van der Waals surface area contributed by atoms with Gasteiger partial charge in [0.05, 0.1) is 16.0 Å². The number of aliphatic imine (C=N–C) groups is 1. The third kappa shape index (κ3) is 3.07. The first kappa shape index (κ1) is 17.6. The number of rotatable bonds is 4. The van der Waals surface area contributed by atoms with Crippen molar-refractivity contribution in [1.29, 1.82) is 0 Å². The van der Waals surface area contributed by atoms with E-state index in [1.165, 1.54) is 12.1 Å². The molecule has 0 amide bonds. The zero-order valence-corrected chi connectivity index (χ0v) is 15.5. The predicted molar refractivity (Wildman–Crippen MR) is 102 cm³/mol. The molecule has 27 heavy (non-hydrogen) atoms. The average molecular weight is 381 g/mol. The Morgan fingerprint density at radius 2 is 1.74 bits per heavy atom. The SMILES string of the molecule is Cc1ccc(S(=O)(=O)c2ccc(C[N+]34C=CC=CC3=NC=C4)cc2)cc1F. The van der Waals surface area contributed by atoms with Gasteiger partial charge in [-0.1, -0.05) is 18.2 Å². The van der Waals surface area contributed by atoms with Gasteiger partial charge < -0.3 is 0 Å². The summed E-state index contributed by atoms with van der Waals surface area (Å²) < 4.78 is 39.8. The number of fused-ring (bicyclic) bond motifs is 1. The topological polar surface area (TPSA) is 46.5 Å². The van der Waals surface area contributed by atoms with Gasteiger partial charge in [0, 0.05) is 11.6 Å². The van der Waals surface area contributed by atoms with E-state index in [2.05, 4.69) is 4.99 Å². The zero-order chi connectivity index (χ0) is 19.1. The fourth-order valence-electron chi connectivity index (χ4n) is 3.20. The molecule has 2 aromatic rings. The molecule has 2 heterocycles. The van der Waals surface area contributed by atoms with Gasteiger partial charge in [-0.25, -0.2) is 17.3 Å². The molecule has 2 aromatic carbocycles. The Balaban J connectivity index is 1.62. The summed E-state index contributed by atoms with van der Waals surface area (Å²) >= 11 is 0. The molecule has 4 rings (SSSR count). The Kier molecular flexibility index (Phi) is 4.17. The summed E-state index contributed by atoms with van der Waals surface area (Å²) in [6, 6.07) is 10.7. The van der Waals surface area contributed by atoms with Crippen LogP contribution in [-0.4, -0.2) is 18.7 Å². The van der Waals surface area contributed by atoms with E-state index in [1.54, 1.807) is 37.4 Å². The lowest BCUT2D eigenvalue weighted by atomic mass is 10.1. The monoisotopic (exact) mass is 381 g/mol. The van der Waals surface area contributed by atoms with Crippen LogP contribution in [-0.2, 0) is 16.4 Å². The quantitative estimate of drug-likeness (QED) is 0.744. The van der Waals surface area contributed by atoms with Crippen molar-refractivity contribution in [2.45, 2.75) is 23.3 Å². The Labute approximate surface area is 157 Å². The second-order valence-corrected chi connectivity index (χ2v) is 8.58. The van der Waals surface area contributed by atoms with Crippen LogP contribution in [0.25, 0.3) is 0 Å². The molecule has 0 fully saturated rings. The predicted octanol–water partition coefficient (Wildman–Crippen LogP) is 4.25. The zero-order valence-electron chi connectivity index (χ0n) is 14.7. The number of halogens is 1. The van der Waals surface area contributed by atoms with E-state index < -0.39 is 15.7 Å². The van der Waals surface area contributed by atoms with E-state index in [4.69, 9.17) is 0 Å². The van der Waals surface area contributed by atoms with Crippen LogP contribution in [0, 0.1) is 12.7 Å². The maximum atomic E-state index is 13.8. The molecule has 6 heteroatoms. The minimum absolute atomic E-state index is 0.0405. The van der Waals surface area contributed by atoms with E-state index in [-0.39, 0.29) is 9.79 Å². The fourth-order valence-corrected chi connectivity index (χ4v) is 4.48. The number of hydrogen-bond acceptors (Lipinski definition) is 3. The highest BCUT2D eigenvalue weighted by Crippen LogP contribution is 2.28. The molecule has 0 bridgehead atoms. The number of nitrogens with zero attached hydrogens (tertiary/aromatic N) is 2. The van der Waals surface area contributed by atoms with Crippen LogP contribution in [0.3, 0.4) is 0 Å². The van der Waals surface area contributed by atoms with Crippen LogP contribution < -0.4 is 0 Å². The number of allylic oxidation sites excluding steroid dienone is 2. The van der Waals surface area contributed by atoms with E-state index in [0.717, 1.165) is 17.5 Å². The normalized spacial score (nSPS) is 20.6. The van der Waals surface area contributed by atoms with Gasteiger partial charge in [0.2, 0.25) is 15.7 Å². The first-order valence-electron chi connectivity index (χ1n) is 8.50. The van der Waals surface area contributed by atoms with Crippen LogP contribution in [0.2, 0.25) is 0 Å². The van der Waals surface area contributed by atoms with E-state index in [1.807, 2.05) is 30.6 Å². The molecule has 4 nitrogen and oxygen atoms in total. The highest BCUT2D eigenvalue weighted by atomic mass is 32.2. The van der Waals surface area contributed by atoms with E-state index in [0.29, 0.717) is 16.6 Å². The first-order valence-corrected chi connectivity index (χ1v) is 9.99. The molecule has 0 radical (unpaired) electrons. The maximum absolute atomic E-state index is 13.8. The minimum atomic E-state index is -3.76. The van der Waals surface area contributed by atoms with Crippen molar-refractivity contribution in [3.8, 4) is 0 Å². The summed E-state index contributed by atoms with van der Waals surface area (Å²) in [7, 11) is -3.76. The molecule has 1 unspecified atom stereocenters. The molecule has 2 aliphatic rings. The number of sulfone groups is 1. The van der Waals surface area contributed by atoms with Gasteiger partial charge in [-0.2, -0.15) is 4.99 Å². The largest absolute Gasteiger partial charge is 0.237 e. The van der Waals surface area contributed by atoms with Crippen molar-refractivity contribution in [1.82, 2.24) is 0 Å². The van der Waals surface area contributed by atoms with Gasteiger partial charge in [0.1, 0.15) is 24.8 Å². The van der Waals surface area contributed by atoms with E-state index >= 15 is 0 Å². The summed E-state index contributed by atoms with van der Waals surface area (Å²) in [5, 5.41) is 0. The summed E-state index contributed by atoms with van der Waals surface area (Å²) in [6.07, 6.45) is 11.7. The summed E-state index contributed by atoms with van der Waals surface area (Å²) in [4.78, 5) is 4.48. The fraction of sp³-hybridized carbons (Fsp3) is 0.0952. The van der Waals surface area contributed by atoms with Crippen molar-refractivity contribution >= 4 is 15.7 Å². The van der Waals surface area contributed by atoms with Gasteiger partial charge in [0.15, 0.2) is 0 Å². The van der Waals surface area contributed by atoms with Crippen molar-refractivity contribution in [2.24, 2.45) is 4.99 Å². The van der Waals surface area contributed by atoms with Gasteiger partial charge in [-0.05, 0) is 48.9 Å². The maximum Gasteiger partial charge on any atom is 0.237 e. The molecule has 0 N–H and O–H groups in total. The average Bonchev–Trinajstić information content (AvgIpc) is 3.07. The van der Waals surface area contributed by atoms with E-state index in [9.17, 15) is 12.8 Å². The lowest BCUT2D eigenvalue weighted by molar-refractivity contribution is -0.743. The molecular formula is C21H18FN2O2S+. The van der Waals surface area contributed by atoms with Crippen molar-refractivity contribution in [2.75, 3.05) is 0 Å². The van der Waals surface area contributed by atoms with Crippen LogP contribution in [0.1, 0.15) is 11.1 Å². The van der Waals surface area contributed by atoms with Gasteiger partial charge >= 0.3 is 0 Å². The van der Waals surface area contributed by atoms with Gasteiger partial charge in [-0.15, -0.1) is 0 Å². The van der Waals surface area contributed by atoms with Crippen LogP contribution in [0.15, 0.2) is 94.1 Å². The second-order valence-electron chi connectivity index (χ2n) is 6.63. The highest BCUT2D eigenvalue weighted by Gasteiger charge is 2.33. The second kappa shape index (κ2) is 6.40. The molecule has 2 aliphatic heterocycles. The minimum Gasteiger partial charge on any atom is -0.219 e. The van der Waals surface area contributed by atoms with Crippen molar-refractivity contribution in [3.63, 3.8) is 0 Å². The highest BCUT2D eigenvalue weighted by molar-refractivity contribution is 7.91. The smallest absolute Gasteiger partial charge is 0.219 e. The number of hydrogen-bond donors (Lipinski definition) is 0. The van der Waals surface area contributed by atoms with Crippen LogP contribution in [0.5, 0.6) is 0 Å². The molecule has 0 saturated carbocycles. The molecule has 0 aromatic heterocycles. The summed E-state index contributed by atoms with van der Waals surface area (Å²) in [6.45, 7) is 2.23. The van der Waals surface area contributed by atoms with Crippen molar-refractivity contribution < 1.29 is 17.3 Å². The number of amidine groups is 1. The molecule has 136 valence electrons. The number of aryl methyl sites for hydroxylation is 1. The lowest BCUT2D eigenvalue weighted by Crippen LogP contribution is -2.40. The molecule has 0 spiro atoms. The Morgan fingerprint density at radius 3 is 2.48 bits per heavy atom. The first-order chi connectivity index (χ1) is 12.9. The Hall–Kier alpha value is -2.83. The van der Waals surface area contributed by atoms with Gasteiger partial charge in [0.25, 0.3) is 0 Å². The summed E-state index contributed by atoms with van der Waals surface area (Å²) in [5.41, 5.74) is 1.39.